The van der Waals surface area contributed by atoms with Crippen molar-refractivity contribution in [3.8, 4) is 12.3 Å². The third-order valence-electron chi connectivity index (χ3n) is 1.61. The van der Waals surface area contributed by atoms with Crippen molar-refractivity contribution in [3.63, 3.8) is 0 Å². The van der Waals surface area contributed by atoms with E-state index >= 15 is 0 Å². The van der Waals surface area contributed by atoms with Gasteiger partial charge in [0.15, 0.2) is 0 Å². The summed E-state index contributed by atoms with van der Waals surface area (Å²) >= 11 is 1.79. The van der Waals surface area contributed by atoms with Crippen LogP contribution in [0, 0.1) is 18.3 Å². The molecule has 80 valence electrons. The van der Waals surface area contributed by atoms with Gasteiger partial charge in [-0.25, -0.2) is 0 Å². The molecule has 0 bridgehead atoms. The molecule has 0 saturated carbocycles. The van der Waals surface area contributed by atoms with Crippen molar-refractivity contribution in [1.29, 1.82) is 0 Å². The molecule has 1 amide bonds. The minimum Gasteiger partial charge on any atom is -0.355 e. The van der Waals surface area contributed by atoms with Gasteiger partial charge < -0.3 is 5.32 Å². The van der Waals surface area contributed by atoms with Crippen LogP contribution >= 0.6 is 11.8 Å². The molecule has 0 aromatic carbocycles. The molecule has 0 rings (SSSR count). The van der Waals surface area contributed by atoms with Crippen molar-refractivity contribution in [2.75, 3.05) is 31.6 Å². The van der Waals surface area contributed by atoms with E-state index in [0.717, 1.165) is 12.3 Å². The molecule has 0 aromatic rings. The third-order valence-corrected chi connectivity index (χ3v) is 2.51. The second-order valence-corrected chi connectivity index (χ2v) is 4.08. The highest BCUT2D eigenvalue weighted by molar-refractivity contribution is 7.98. The highest BCUT2D eigenvalue weighted by Gasteiger charge is 2.03. The molecule has 1 atom stereocenters. The van der Waals surface area contributed by atoms with Gasteiger partial charge in [0.1, 0.15) is 0 Å². The highest BCUT2D eigenvalue weighted by Crippen LogP contribution is 2.02. The van der Waals surface area contributed by atoms with Gasteiger partial charge in [0.05, 0.1) is 13.1 Å². The first-order chi connectivity index (χ1) is 6.70. The minimum absolute atomic E-state index is 0.00760. The van der Waals surface area contributed by atoms with Crippen molar-refractivity contribution in [3.05, 3.63) is 0 Å². The fourth-order valence-corrected chi connectivity index (χ4v) is 1.63. The summed E-state index contributed by atoms with van der Waals surface area (Å²) in [5.41, 5.74) is 0. The second kappa shape index (κ2) is 8.92. The molecule has 2 N–H and O–H groups in total. The van der Waals surface area contributed by atoms with E-state index in [1.807, 2.05) is 0 Å². The Kier molecular flexibility index (Phi) is 8.50. The maximum atomic E-state index is 11.2. The first-order valence-corrected chi connectivity index (χ1v) is 6.00. The first kappa shape index (κ1) is 13.3. The van der Waals surface area contributed by atoms with Crippen LogP contribution in [0.2, 0.25) is 0 Å². The summed E-state index contributed by atoms with van der Waals surface area (Å²) in [5, 5.41) is 5.68. The van der Waals surface area contributed by atoms with E-state index < -0.39 is 0 Å². The van der Waals surface area contributed by atoms with Crippen LogP contribution < -0.4 is 10.6 Å². The highest BCUT2D eigenvalue weighted by atomic mass is 32.2. The molecular formula is C10H18N2OS. The van der Waals surface area contributed by atoms with E-state index in [1.165, 1.54) is 0 Å². The number of hydrogen-bond donors (Lipinski definition) is 2. The number of terminal acetylenes is 1. The van der Waals surface area contributed by atoms with Crippen LogP contribution in [0.3, 0.4) is 0 Å². The van der Waals surface area contributed by atoms with Crippen LogP contribution in [0.25, 0.3) is 0 Å². The summed E-state index contributed by atoms with van der Waals surface area (Å²) in [6.45, 7) is 3.59. The summed E-state index contributed by atoms with van der Waals surface area (Å²) in [6, 6.07) is 0. The maximum absolute atomic E-state index is 11.2. The lowest BCUT2D eigenvalue weighted by molar-refractivity contribution is -0.120. The Balaban J connectivity index is 3.39. The van der Waals surface area contributed by atoms with Crippen LogP contribution in [0.5, 0.6) is 0 Å². The van der Waals surface area contributed by atoms with Gasteiger partial charge in [0.25, 0.3) is 0 Å². The van der Waals surface area contributed by atoms with Crippen molar-refractivity contribution in [2.45, 2.75) is 6.92 Å². The summed E-state index contributed by atoms with van der Waals surface area (Å²) < 4.78 is 0. The topological polar surface area (TPSA) is 41.1 Å². The first-order valence-electron chi connectivity index (χ1n) is 4.60. The van der Waals surface area contributed by atoms with Gasteiger partial charge in [0, 0.05) is 6.54 Å². The fraction of sp³-hybridized carbons (Fsp3) is 0.700. The fourth-order valence-electron chi connectivity index (χ4n) is 0.942. The predicted octanol–water partition coefficient (Wildman–Crippen LogP) is 0.324. The number of carbonyl (C=O) groups excluding carboxylic acids is 1. The summed E-state index contributed by atoms with van der Waals surface area (Å²) in [4.78, 5) is 11.2. The Morgan fingerprint density at radius 3 is 2.93 bits per heavy atom. The molecule has 0 heterocycles. The second-order valence-electron chi connectivity index (χ2n) is 3.17. The predicted molar refractivity (Wildman–Crippen MR) is 62.3 cm³/mol. The van der Waals surface area contributed by atoms with Crippen LogP contribution in [0.1, 0.15) is 6.92 Å². The average Bonchev–Trinajstić information content (AvgIpc) is 2.16. The van der Waals surface area contributed by atoms with Crippen LogP contribution in [-0.4, -0.2) is 37.6 Å². The zero-order valence-electron chi connectivity index (χ0n) is 8.80. The number of thioether (sulfide) groups is 1. The lowest BCUT2D eigenvalue weighted by Gasteiger charge is -2.10. The smallest absolute Gasteiger partial charge is 0.233 e. The molecule has 14 heavy (non-hydrogen) atoms. The quantitative estimate of drug-likeness (QED) is 0.474. The Hall–Kier alpha value is -0.660. The monoisotopic (exact) mass is 214 g/mol. The van der Waals surface area contributed by atoms with E-state index in [-0.39, 0.29) is 5.91 Å². The number of amides is 1. The zero-order valence-corrected chi connectivity index (χ0v) is 9.62. The summed E-state index contributed by atoms with van der Waals surface area (Å²) in [7, 11) is 0. The zero-order chi connectivity index (χ0) is 10.8. The van der Waals surface area contributed by atoms with Gasteiger partial charge >= 0.3 is 0 Å². The Bertz CT molecular complexity index is 201. The molecule has 0 fully saturated rings. The van der Waals surface area contributed by atoms with E-state index in [4.69, 9.17) is 6.42 Å². The molecule has 0 saturated heterocycles. The molecule has 0 radical (unpaired) electrons. The minimum atomic E-state index is 0.00760. The van der Waals surface area contributed by atoms with Crippen LogP contribution in [0.4, 0.5) is 0 Å². The third kappa shape index (κ3) is 7.96. The lowest BCUT2D eigenvalue weighted by atomic mass is 10.2. The van der Waals surface area contributed by atoms with Gasteiger partial charge in [-0.2, -0.15) is 11.8 Å². The molecule has 3 nitrogen and oxygen atoms in total. The molecule has 0 aliphatic carbocycles. The summed E-state index contributed by atoms with van der Waals surface area (Å²) in [5.74, 6) is 4.00. The van der Waals surface area contributed by atoms with Gasteiger partial charge in [-0.3, -0.25) is 10.1 Å². The summed E-state index contributed by atoms with van der Waals surface area (Å²) in [6.07, 6.45) is 7.09. The van der Waals surface area contributed by atoms with Gasteiger partial charge in [-0.05, 0) is 17.9 Å². The number of rotatable bonds is 7. The van der Waals surface area contributed by atoms with E-state index in [9.17, 15) is 4.79 Å². The van der Waals surface area contributed by atoms with Crippen molar-refractivity contribution >= 4 is 17.7 Å². The van der Waals surface area contributed by atoms with Gasteiger partial charge in [-0.15, -0.1) is 6.42 Å². The number of carbonyl (C=O) groups is 1. The molecule has 0 spiro atoms. The van der Waals surface area contributed by atoms with Crippen molar-refractivity contribution in [1.82, 2.24) is 10.6 Å². The molecule has 0 aromatic heterocycles. The molecule has 0 aliphatic rings. The average molecular weight is 214 g/mol. The Morgan fingerprint density at radius 1 is 1.64 bits per heavy atom. The van der Waals surface area contributed by atoms with E-state index in [2.05, 4.69) is 29.7 Å². The van der Waals surface area contributed by atoms with Gasteiger partial charge in [0.2, 0.25) is 5.91 Å². The van der Waals surface area contributed by atoms with E-state index in [0.29, 0.717) is 19.0 Å². The lowest BCUT2D eigenvalue weighted by Crippen LogP contribution is -2.36. The van der Waals surface area contributed by atoms with Crippen LogP contribution in [0.15, 0.2) is 0 Å². The Morgan fingerprint density at radius 2 is 2.36 bits per heavy atom. The SMILES string of the molecule is C#CCNCC(=O)NCC(C)CSC. The van der Waals surface area contributed by atoms with Crippen molar-refractivity contribution < 1.29 is 4.79 Å². The molecular weight excluding hydrogens is 196 g/mol. The van der Waals surface area contributed by atoms with Crippen molar-refractivity contribution in [2.24, 2.45) is 5.92 Å². The maximum Gasteiger partial charge on any atom is 0.233 e. The molecule has 4 heteroatoms. The normalized spacial score (nSPS) is 11.8. The number of hydrogen-bond acceptors (Lipinski definition) is 3. The van der Waals surface area contributed by atoms with Gasteiger partial charge in [-0.1, -0.05) is 12.8 Å². The molecule has 1 unspecified atom stereocenters. The molecule has 0 aliphatic heterocycles. The van der Waals surface area contributed by atoms with Crippen LogP contribution in [-0.2, 0) is 4.79 Å². The van der Waals surface area contributed by atoms with E-state index in [1.54, 1.807) is 11.8 Å². The number of nitrogens with one attached hydrogen (secondary N) is 2. The Labute approximate surface area is 90.4 Å². The largest absolute Gasteiger partial charge is 0.355 e. The standard InChI is InChI=1S/C10H18N2OS/c1-4-5-11-7-10(13)12-6-9(2)8-14-3/h1,9,11H,5-8H2,2-3H3,(H,12,13).